The van der Waals surface area contributed by atoms with E-state index >= 15 is 0 Å². The Labute approximate surface area is 78.0 Å². The van der Waals surface area contributed by atoms with Gasteiger partial charge in [-0.25, -0.2) is 0 Å². The van der Waals surface area contributed by atoms with Crippen molar-refractivity contribution in [3.63, 3.8) is 0 Å². The van der Waals surface area contributed by atoms with Gasteiger partial charge in [0.05, 0.1) is 0 Å². The van der Waals surface area contributed by atoms with Crippen LogP contribution in [-0.2, 0) is 9.59 Å². The standard InChI is InChI=1S/2C3H6O.CS2/c2*1-3(2)4;2-1-3/h2*1-2H3;. The average molecular weight is 192 g/mol. The van der Waals surface area contributed by atoms with Gasteiger partial charge in [0, 0.05) is 4.31 Å². The van der Waals surface area contributed by atoms with Gasteiger partial charge in [0.15, 0.2) is 0 Å². The number of thiocarbonyl (C=S) groups is 2. The van der Waals surface area contributed by atoms with E-state index in [0.717, 1.165) is 0 Å². The number of hydrogen-bond acceptors (Lipinski definition) is 4. The summed E-state index contributed by atoms with van der Waals surface area (Å²) in [7, 11) is 0. The van der Waals surface area contributed by atoms with Crippen LogP contribution in [0.3, 0.4) is 0 Å². The molecule has 0 aliphatic carbocycles. The van der Waals surface area contributed by atoms with Gasteiger partial charge in [-0.05, 0) is 52.1 Å². The number of Topliss-reactive ketones (excluding diaryl/α,β-unsaturated/α-hetero) is 2. The van der Waals surface area contributed by atoms with Gasteiger partial charge < -0.3 is 9.59 Å². The molecular weight excluding hydrogens is 180 g/mol. The molecular formula is C7H12O2S2. The van der Waals surface area contributed by atoms with Crippen LogP contribution >= 0.6 is 24.4 Å². The Morgan fingerprint density at radius 2 is 0.909 bits per heavy atom. The van der Waals surface area contributed by atoms with E-state index in [-0.39, 0.29) is 11.6 Å². The van der Waals surface area contributed by atoms with Gasteiger partial charge in [-0.1, -0.05) is 0 Å². The highest BCUT2D eigenvalue weighted by atomic mass is 32.1. The Balaban J connectivity index is -0.0000000886. The fourth-order valence-corrected chi connectivity index (χ4v) is 0. The first-order chi connectivity index (χ1) is 4.88. The number of hydrogen-bond donors (Lipinski definition) is 0. The molecule has 0 heterocycles. The molecule has 0 amide bonds. The second-order valence-corrected chi connectivity index (χ2v) is 2.57. The maximum Gasteiger partial charge on any atom is 0.126 e. The third kappa shape index (κ3) is 2820. The van der Waals surface area contributed by atoms with E-state index in [2.05, 4.69) is 24.4 Å². The fraction of sp³-hybridized carbons (Fsp3) is 0.571. The Hall–Kier alpha value is -0.440. The normalized spacial score (nSPS) is 5.45. The minimum atomic E-state index is 0.167. The van der Waals surface area contributed by atoms with Crippen LogP contribution in [0, 0.1) is 0 Å². The molecule has 0 radical (unpaired) electrons. The molecule has 0 aromatic heterocycles. The second-order valence-electron chi connectivity index (χ2n) is 1.90. The van der Waals surface area contributed by atoms with Gasteiger partial charge in [-0.3, -0.25) is 0 Å². The smallest absolute Gasteiger partial charge is 0.126 e. The first kappa shape index (κ1) is 16.9. The summed E-state index contributed by atoms with van der Waals surface area (Å²) in [6, 6.07) is 0. The highest BCUT2D eigenvalue weighted by Gasteiger charge is 1.62. The zero-order valence-electron chi connectivity index (χ0n) is 7.13. The summed E-state index contributed by atoms with van der Waals surface area (Å²) < 4.78 is 1.92. The fourth-order valence-electron chi connectivity index (χ4n) is 0. The lowest BCUT2D eigenvalue weighted by Gasteiger charge is -1.56. The van der Waals surface area contributed by atoms with Gasteiger partial charge in [0.1, 0.15) is 11.6 Å². The summed E-state index contributed by atoms with van der Waals surface area (Å²) in [6.07, 6.45) is 0. The molecule has 0 aliphatic heterocycles. The lowest BCUT2D eigenvalue weighted by Crippen LogP contribution is -1.69. The first-order valence-electron chi connectivity index (χ1n) is 2.82. The number of carbonyl (C=O) groups is 2. The minimum Gasteiger partial charge on any atom is -0.300 e. The minimum absolute atomic E-state index is 0.167. The summed E-state index contributed by atoms with van der Waals surface area (Å²) in [5, 5.41) is 0. The van der Waals surface area contributed by atoms with Crippen molar-refractivity contribution in [2.24, 2.45) is 0 Å². The second kappa shape index (κ2) is 16.3. The Morgan fingerprint density at radius 1 is 0.909 bits per heavy atom. The Morgan fingerprint density at radius 3 is 0.909 bits per heavy atom. The SMILES string of the molecule is CC(C)=O.CC(C)=O.S=C=S. The van der Waals surface area contributed by atoms with E-state index in [1.165, 1.54) is 27.7 Å². The molecule has 0 aromatic rings. The lowest BCUT2D eigenvalue weighted by molar-refractivity contribution is -0.115. The number of ketones is 2. The van der Waals surface area contributed by atoms with Crippen LogP contribution in [0.2, 0.25) is 0 Å². The highest BCUT2D eigenvalue weighted by molar-refractivity contribution is 7.93. The monoisotopic (exact) mass is 192 g/mol. The average Bonchev–Trinajstić information content (AvgIpc) is 1.60. The van der Waals surface area contributed by atoms with E-state index in [1.807, 2.05) is 4.31 Å². The predicted octanol–water partition coefficient (Wildman–Crippen LogP) is 2.21. The summed E-state index contributed by atoms with van der Waals surface area (Å²) in [6.45, 7) is 6.11. The van der Waals surface area contributed by atoms with Crippen LogP contribution in [0.1, 0.15) is 27.7 Å². The van der Waals surface area contributed by atoms with Crippen LogP contribution in [0.15, 0.2) is 0 Å². The molecule has 4 heteroatoms. The molecule has 0 saturated carbocycles. The maximum atomic E-state index is 9.44. The summed E-state index contributed by atoms with van der Waals surface area (Å²) in [4.78, 5) is 18.9. The molecule has 0 bridgehead atoms. The van der Waals surface area contributed by atoms with Crippen molar-refractivity contribution in [2.45, 2.75) is 27.7 Å². The van der Waals surface area contributed by atoms with Gasteiger partial charge in [0.2, 0.25) is 0 Å². The summed E-state index contributed by atoms with van der Waals surface area (Å²) in [5.41, 5.74) is 0. The summed E-state index contributed by atoms with van der Waals surface area (Å²) >= 11 is 7.92. The molecule has 0 saturated heterocycles. The molecule has 0 N–H and O–H groups in total. The van der Waals surface area contributed by atoms with Crippen molar-refractivity contribution in [1.29, 1.82) is 0 Å². The van der Waals surface area contributed by atoms with Gasteiger partial charge in [-0.15, -0.1) is 0 Å². The van der Waals surface area contributed by atoms with Crippen molar-refractivity contribution >= 4 is 40.3 Å². The number of rotatable bonds is 0. The zero-order valence-corrected chi connectivity index (χ0v) is 8.77. The molecule has 0 rings (SSSR count). The maximum absolute atomic E-state index is 9.44. The van der Waals surface area contributed by atoms with Crippen molar-refractivity contribution in [3.05, 3.63) is 0 Å². The Kier molecular flexibility index (Phi) is 25.0. The summed E-state index contributed by atoms with van der Waals surface area (Å²) in [5.74, 6) is 0.333. The molecule has 0 fully saturated rings. The highest BCUT2D eigenvalue weighted by Crippen LogP contribution is 1.50. The van der Waals surface area contributed by atoms with E-state index in [9.17, 15) is 9.59 Å². The third-order valence-corrected chi connectivity index (χ3v) is 0. The van der Waals surface area contributed by atoms with Crippen molar-refractivity contribution in [1.82, 2.24) is 0 Å². The number of carbonyl (C=O) groups excluding carboxylic acids is 2. The molecule has 2 nitrogen and oxygen atoms in total. The van der Waals surface area contributed by atoms with E-state index < -0.39 is 0 Å². The topological polar surface area (TPSA) is 34.1 Å². The van der Waals surface area contributed by atoms with Crippen molar-refractivity contribution < 1.29 is 9.59 Å². The van der Waals surface area contributed by atoms with E-state index in [4.69, 9.17) is 0 Å². The molecule has 0 aliphatic rings. The molecule has 0 unspecified atom stereocenters. The molecule has 0 aromatic carbocycles. The van der Waals surface area contributed by atoms with Crippen molar-refractivity contribution in [3.8, 4) is 0 Å². The van der Waals surface area contributed by atoms with Crippen LogP contribution in [0.4, 0.5) is 0 Å². The third-order valence-electron chi connectivity index (χ3n) is 0. The molecule has 0 atom stereocenters. The van der Waals surface area contributed by atoms with E-state index in [1.54, 1.807) is 0 Å². The van der Waals surface area contributed by atoms with Crippen LogP contribution in [-0.4, -0.2) is 15.9 Å². The van der Waals surface area contributed by atoms with Crippen LogP contribution in [0.25, 0.3) is 0 Å². The Bertz CT molecular complexity index is 127. The quantitative estimate of drug-likeness (QED) is 0.551. The lowest BCUT2D eigenvalue weighted by atomic mass is 10.6. The molecule has 64 valence electrons. The van der Waals surface area contributed by atoms with Crippen molar-refractivity contribution in [2.75, 3.05) is 0 Å². The van der Waals surface area contributed by atoms with Crippen LogP contribution < -0.4 is 0 Å². The predicted molar refractivity (Wildman–Crippen MR) is 52.9 cm³/mol. The van der Waals surface area contributed by atoms with Gasteiger partial charge >= 0.3 is 0 Å². The van der Waals surface area contributed by atoms with Gasteiger partial charge in [0.25, 0.3) is 0 Å². The zero-order chi connectivity index (χ0) is 9.86. The van der Waals surface area contributed by atoms with Gasteiger partial charge in [-0.2, -0.15) is 0 Å². The van der Waals surface area contributed by atoms with E-state index in [0.29, 0.717) is 0 Å². The largest absolute Gasteiger partial charge is 0.300 e. The first-order valence-corrected chi connectivity index (χ1v) is 3.63. The molecule has 11 heavy (non-hydrogen) atoms. The molecule has 0 spiro atoms. The van der Waals surface area contributed by atoms with Crippen LogP contribution in [0.5, 0.6) is 0 Å².